The molecule has 19 heavy (non-hydrogen) atoms. The first-order valence-electron chi connectivity index (χ1n) is 6.58. The maximum absolute atomic E-state index is 11.8. The number of benzene rings is 1. The molecule has 2 rings (SSSR count). The molecule has 2 unspecified atom stereocenters. The topological polar surface area (TPSA) is 58.4 Å². The van der Waals surface area contributed by atoms with E-state index in [1.807, 2.05) is 36.0 Å². The van der Waals surface area contributed by atoms with Gasteiger partial charge < -0.3 is 0 Å². The fourth-order valence-corrected chi connectivity index (χ4v) is 3.56. The molecule has 0 aromatic heterocycles. The average Bonchev–Trinajstić information content (AvgIpc) is 2.43. The fourth-order valence-electron chi connectivity index (χ4n) is 2.39. The van der Waals surface area contributed by atoms with Crippen LogP contribution in [0.2, 0.25) is 0 Å². The first-order chi connectivity index (χ1) is 9.13. The van der Waals surface area contributed by atoms with E-state index in [9.17, 15) is 4.79 Å². The molecule has 1 amide bonds. The van der Waals surface area contributed by atoms with E-state index in [0.717, 1.165) is 24.4 Å². The molecule has 0 bridgehead atoms. The van der Waals surface area contributed by atoms with Gasteiger partial charge in [0.05, 0.1) is 0 Å². The number of nitrogen functional groups attached to an aromatic ring is 1. The molecule has 5 heteroatoms. The minimum atomic E-state index is -0.220. The number of thioether (sulfide) groups is 1. The summed E-state index contributed by atoms with van der Waals surface area (Å²) in [6.07, 6.45) is 0. The molecule has 1 fully saturated rings. The third-order valence-electron chi connectivity index (χ3n) is 3.78. The van der Waals surface area contributed by atoms with E-state index in [2.05, 4.69) is 24.2 Å². The Hall–Kier alpha value is -1.04. The lowest BCUT2D eigenvalue weighted by Gasteiger charge is -2.37. The summed E-state index contributed by atoms with van der Waals surface area (Å²) in [6, 6.07) is 8.18. The lowest BCUT2D eigenvalue weighted by atomic mass is 10.1. The van der Waals surface area contributed by atoms with Crippen LogP contribution in [0.25, 0.3) is 0 Å². The maximum Gasteiger partial charge on any atom is 0.265 e. The second-order valence-electron chi connectivity index (χ2n) is 4.92. The van der Waals surface area contributed by atoms with Gasteiger partial charge in [-0.1, -0.05) is 25.1 Å². The van der Waals surface area contributed by atoms with E-state index >= 15 is 0 Å². The van der Waals surface area contributed by atoms with Gasteiger partial charge in [0.2, 0.25) is 0 Å². The number of nitrogens with two attached hydrogens (primary N) is 1. The molecular formula is C14H21N3OS. The molecule has 104 valence electrons. The molecule has 0 spiro atoms. The number of hydrogen-bond acceptors (Lipinski definition) is 4. The molecule has 1 saturated heterocycles. The highest BCUT2D eigenvalue weighted by atomic mass is 32.2. The number of nitrogens with zero attached hydrogens (tertiary/aromatic N) is 1. The van der Waals surface area contributed by atoms with E-state index in [1.165, 1.54) is 0 Å². The van der Waals surface area contributed by atoms with Gasteiger partial charge in [-0.25, -0.2) is 5.84 Å². The lowest BCUT2D eigenvalue weighted by Crippen LogP contribution is -2.44. The normalized spacial score (nSPS) is 24.2. The highest BCUT2D eigenvalue weighted by Crippen LogP contribution is 2.26. The number of hydrazine groups is 1. The molecule has 3 N–H and O–H groups in total. The number of carbonyl (C=O) groups is 1. The molecule has 0 radical (unpaired) electrons. The van der Waals surface area contributed by atoms with Crippen molar-refractivity contribution in [2.24, 2.45) is 5.84 Å². The number of rotatable bonds is 3. The van der Waals surface area contributed by atoms with Gasteiger partial charge in [0.15, 0.2) is 0 Å². The van der Waals surface area contributed by atoms with Gasteiger partial charge in [-0.05, 0) is 18.6 Å². The first-order valence-corrected chi connectivity index (χ1v) is 7.63. The third kappa shape index (κ3) is 3.29. The SMILES string of the molecule is CC1SCCN(Cc2ccccc2C(=O)NN)C1C. The summed E-state index contributed by atoms with van der Waals surface area (Å²) in [5.41, 5.74) is 3.93. The standard InChI is InChI=1S/C14H21N3OS/c1-10-11(2)19-8-7-17(10)9-12-5-3-4-6-13(12)14(18)16-15/h3-6,10-11H,7-9,15H2,1-2H3,(H,16,18). The zero-order valence-electron chi connectivity index (χ0n) is 11.4. The molecule has 1 aromatic carbocycles. The van der Waals surface area contributed by atoms with Crippen molar-refractivity contribution in [3.8, 4) is 0 Å². The molecule has 4 nitrogen and oxygen atoms in total. The van der Waals surface area contributed by atoms with E-state index in [1.54, 1.807) is 0 Å². The van der Waals surface area contributed by atoms with Crippen LogP contribution in [0.15, 0.2) is 24.3 Å². The minimum Gasteiger partial charge on any atom is -0.294 e. The highest BCUT2D eigenvalue weighted by Gasteiger charge is 2.25. The summed E-state index contributed by atoms with van der Waals surface area (Å²) in [5.74, 6) is 6.17. The summed E-state index contributed by atoms with van der Waals surface area (Å²) in [7, 11) is 0. The van der Waals surface area contributed by atoms with Crippen LogP contribution in [0, 0.1) is 0 Å². The number of amides is 1. The molecule has 1 aromatic rings. The van der Waals surface area contributed by atoms with Gasteiger partial charge in [-0.15, -0.1) is 0 Å². The van der Waals surface area contributed by atoms with Crippen LogP contribution in [0.3, 0.4) is 0 Å². The molecule has 0 aliphatic carbocycles. The van der Waals surface area contributed by atoms with Crippen LogP contribution in [0.5, 0.6) is 0 Å². The van der Waals surface area contributed by atoms with Crippen LogP contribution in [-0.2, 0) is 6.54 Å². The van der Waals surface area contributed by atoms with Crippen LogP contribution >= 0.6 is 11.8 Å². The number of hydrogen-bond donors (Lipinski definition) is 2. The molecule has 0 saturated carbocycles. The van der Waals surface area contributed by atoms with Crippen molar-refractivity contribution in [2.75, 3.05) is 12.3 Å². The van der Waals surface area contributed by atoms with Crippen molar-refractivity contribution in [3.63, 3.8) is 0 Å². The number of carbonyl (C=O) groups excluding carboxylic acids is 1. The van der Waals surface area contributed by atoms with Crippen LogP contribution in [0.4, 0.5) is 0 Å². The Morgan fingerprint density at radius 3 is 2.95 bits per heavy atom. The van der Waals surface area contributed by atoms with Gasteiger partial charge >= 0.3 is 0 Å². The first kappa shape index (κ1) is 14.4. The Labute approximate surface area is 118 Å². The zero-order chi connectivity index (χ0) is 13.8. The third-order valence-corrected chi connectivity index (χ3v) is 5.12. The molecule has 1 heterocycles. The van der Waals surface area contributed by atoms with Crippen molar-refractivity contribution in [1.82, 2.24) is 10.3 Å². The lowest BCUT2D eigenvalue weighted by molar-refractivity contribution is 0.0950. The quantitative estimate of drug-likeness (QED) is 0.501. The van der Waals surface area contributed by atoms with Gasteiger partial charge in [-0.2, -0.15) is 11.8 Å². The predicted molar refractivity (Wildman–Crippen MR) is 79.9 cm³/mol. The zero-order valence-corrected chi connectivity index (χ0v) is 12.2. The van der Waals surface area contributed by atoms with E-state index in [0.29, 0.717) is 16.9 Å². The maximum atomic E-state index is 11.8. The smallest absolute Gasteiger partial charge is 0.265 e. The van der Waals surface area contributed by atoms with E-state index in [4.69, 9.17) is 5.84 Å². The summed E-state index contributed by atoms with van der Waals surface area (Å²) >= 11 is 2.01. The van der Waals surface area contributed by atoms with Gasteiger partial charge in [0, 0.05) is 35.7 Å². The van der Waals surface area contributed by atoms with Crippen LogP contribution < -0.4 is 11.3 Å². The predicted octanol–water partition coefficient (Wildman–Crippen LogP) is 1.62. The molecule has 1 aliphatic rings. The van der Waals surface area contributed by atoms with Crippen LogP contribution in [-0.4, -0.2) is 34.4 Å². The summed E-state index contributed by atoms with van der Waals surface area (Å²) in [5, 5.41) is 0.629. The second kappa shape index (κ2) is 6.41. The van der Waals surface area contributed by atoms with Gasteiger partial charge in [-0.3, -0.25) is 15.1 Å². The van der Waals surface area contributed by atoms with Crippen molar-refractivity contribution in [1.29, 1.82) is 0 Å². The Bertz CT molecular complexity index is 452. The second-order valence-corrected chi connectivity index (χ2v) is 6.40. The average molecular weight is 279 g/mol. The summed E-state index contributed by atoms with van der Waals surface area (Å²) < 4.78 is 0. The van der Waals surface area contributed by atoms with Gasteiger partial charge in [0.1, 0.15) is 0 Å². The molecule has 2 atom stereocenters. The Morgan fingerprint density at radius 1 is 1.47 bits per heavy atom. The summed E-state index contributed by atoms with van der Waals surface area (Å²) in [6.45, 7) is 6.38. The van der Waals surface area contributed by atoms with Crippen LogP contribution in [0.1, 0.15) is 29.8 Å². The Morgan fingerprint density at radius 2 is 2.21 bits per heavy atom. The van der Waals surface area contributed by atoms with E-state index in [-0.39, 0.29) is 5.91 Å². The largest absolute Gasteiger partial charge is 0.294 e. The highest BCUT2D eigenvalue weighted by molar-refractivity contribution is 8.00. The molecule has 1 aliphatic heterocycles. The fraction of sp³-hybridized carbons (Fsp3) is 0.500. The van der Waals surface area contributed by atoms with Gasteiger partial charge in [0.25, 0.3) is 5.91 Å². The number of nitrogens with one attached hydrogen (secondary N) is 1. The Balaban J connectivity index is 2.16. The Kier molecular flexibility index (Phi) is 4.85. The minimum absolute atomic E-state index is 0.220. The monoisotopic (exact) mass is 279 g/mol. The van der Waals surface area contributed by atoms with Crippen molar-refractivity contribution >= 4 is 17.7 Å². The molecular weight excluding hydrogens is 258 g/mol. The van der Waals surface area contributed by atoms with Crippen molar-refractivity contribution in [2.45, 2.75) is 31.7 Å². The van der Waals surface area contributed by atoms with Crippen molar-refractivity contribution in [3.05, 3.63) is 35.4 Å². The van der Waals surface area contributed by atoms with Crippen molar-refractivity contribution < 1.29 is 4.79 Å². The van der Waals surface area contributed by atoms with E-state index < -0.39 is 0 Å². The summed E-state index contributed by atoms with van der Waals surface area (Å²) in [4.78, 5) is 14.2.